The van der Waals surface area contributed by atoms with Gasteiger partial charge in [-0.3, -0.25) is 9.89 Å². The summed E-state index contributed by atoms with van der Waals surface area (Å²) in [4.78, 5) is 14.9. The Kier molecular flexibility index (Phi) is 5.03. The van der Waals surface area contributed by atoms with Crippen molar-refractivity contribution in [2.75, 3.05) is 7.11 Å². The van der Waals surface area contributed by atoms with Crippen LogP contribution in [0.25, 0.3) is 27.6 Å². The van der Waals surface area contributed by atoms with Crippen LogP contribution >= 0.6 is 11.3 Å². The van der Waals surface area contributed by atoms with Crippen molar-refractivity contribution in [3.05, 3.63) is 75.9 Å². The van der Waals surface area contributed by atoms with Crippen molar-refractivity contribution in [1.82, 2.24) is 15.5 Å². The largest absolute Gasteiger partial charge is 0.497 e. The number of aromatic nitrogens is 2. The normalized spacial score (nSPS) is 12.7. The van der Waals surface area contributed by atoms with Crippen molar-refractivity contribution < 1.29 is 13.9 Å². The van der Waals surface area contributed by atoms with Crippen LogP contribution in [0, 0.1) is 5.82 Å². The van der Waals surface area contributed by atoms with Crippen LogP contribution in [0.1, 0.15) is 32.8 Å². The monoisotopic (exact) mass is 433 g/mol. The molecule has 0 aliphatic heterocycles. The molecule has 1 aliphatic carbocycles. The predicted molar refractivity (Wildman–Crippen MR) is 121 cm³/mol. The quantitative estimate of drug-likeness (QED) is 0.447. The van der Waals surface area contributed by atoms with Crippen LogP contribution in [0.2, 0.25) is 0 Å². The Hall–Kier alpha value is -3.45. The number of rotatable bonds is 5. The molecular formula is C24H20FN3O2S. The highest BCUT2D eigenvalue weighted by atomic mass is 32.1. The van der Waals surface area contributed by atoms with E-state index in [1.807, 2.05) is 0 Å². The molecule has 2 aromatic carbocycles. The number of hydrogen-bond donors (Lipinski definition) is 2. The molecule has 2 N–H and O–H groups in total. The molecule has 0 fully saturated rings. The van der Waals surface area contributed by atoms with Gasteiger partial charge >= 0.3 is 0 Å². The summed E-state index contributed by atoms with van der Waals surface area (Å²) in [6.07, 6.45) is 6.42. The minimum absolute atomic E-state index is 0.0755. The smallest absolute Gasteiger partial charge is 0.251 e. The predicted octanol–water partition coefficient (Wildman–Crippen LogP) is 5.33. The van der Waals surface area contributed by atoms with E-state index in [0.29, 0.717) is 22.4 Å². The number of H-pyrrole nitrogens is 1. The molecular weight excluding hydrogens is 413 g/mol. The lowest BCUT2D eigenvalue weighted by Crippen LogP contribution is -2.23. The van der Waals surface area contributed by atoms with E-state index in [0.717, 1.165) is 28.8 Å². The fraction of sp³-hybridized carbons (Fsp3) is 0.167. The molecule has 1 amide bonds. The lowest BCUT2D eigenvalue weighted by Gasteiger charge is -2.08. The number of nitrogens with one attached hydrogen (secondary N) is 2. The maximum absolute atomic E-state index is 14.7. The van der Waals surface area contributed by atoms with Gasteiger partial charge in [-0.1, -0.05) is 18.2 Å². The molecule has 4 aromatic rings. The Morgan fingerprint density at radius 1 is 1.29 bits per heavy atom. The Bertz CT molecular complexity index is 1320. The Morgan fingerprint density at radius 2 is 2.19 bits per heavy atom. The zero-order valence-corrected chi connectivity index (χ0v) is 17.7. The van der Waals surface area contributed by atoms with Gasteiger partial charge in [-0.05, 0) is 54.8 Å². The minimum Gasteiger partial charge on any atom is -0.497 e. The van der Waals surface area contributed by atoms with Crippen LogP contribution in [0.3, 0.4) is 0 Å². The molecule has 1 aliphatic rings. The fourth-order valence-corrected chi connectivity index (χ4v) is 4.94. The summed E-state index contributed by atoms with van der Waals surface area (Å²) in [5, 5.41) is 11.0. The van der Waals surface area contributed by atoms with E-state index in [2.05, 4.69) is 33.7 Å². The highest BCUT2D eigenvalue weighted by molar-refractivity contribution is 7.15. The van der Waals surface area contributed by atoms with Gasteiger partial charge in [0, 0.05) is 27.9 Å². The number of halogens is 1. The molecule has 2 heterocycles. The SMILES string of the molecule is COc1cccc(C(=O)NCc2cc3c(-c4cc5c(s4)CCC=C5)n[nH]c3cc2F)c1. The van der Waals surface area contributed by atoms with E-state index in [-0.39, 0.29) is 18.3 Å². The summed E-state index contributed by atoms with van der Waals surface area (Å²) in [6, 6.07) is 12.2. The zero-order valence-electron chi connectivity index (χ0n) is 16.9. The molecule has 2 aromatic heterocycles. The summed E-state index contributed by atoms with van der Waals surface area (Å²) in [5.74, 6) is -0.0811. The van der Waals surface area contributed by atoms with Crippen LogP contribution < -0.4 is 10.1 Å². The van der Waals surface area contributed by atoms with E-state index >= 15 is 0 Å². The number of aryl methyl sites for hydroxylation is 1. The van der Waals surface area contributed by atoms with Gasteiger partial charge < -0.3 is 10.1 Å². The lowest BCUT2D eigenvalue weighted by atomic mass is 10.1. The third-order valence-corrected chi connectivity index (χ3v) is 6.63. The van der Waals surface area contributed by atoms with Gasteiger partial charge in [0.25, 0.3) is 5.91 Å². The summed E-state index contributed by atoms with van der Waals surface area (Å²) in [7, 11) is 1.55. The molecule has 0 saturated carbocycles. The molecule has 156 valence electrons. The second kappa shape index (κ2) is 8.00. The molecule has 0 unspecified atom stereocenters. The minimum atomic E-state index is -0.387. The van der Waals surface area contributed by atoms with Gasteiger partial charge in [0.05, 0.1) is 17.5 Å². The molecule has 0 saturated heterocycles. The number of amides is 1. The van der Waals surface area contributed by atoms with Crippen molar-refractivity contribution in [1.29, 1.82) is 0 Å². The number of aromatic amines is 1. The second-order valence-electron chi connectivity index (χ2n) is 7.41. The number of nitrogens with zero attached hydrogens (tertiary/aromatic N) is 1. The van der Waals surface area contributed by atoms with Crippen molar-refractivity contribution in [2.45, 2.75) is 19.4 Å². The fourth-order valence-electron chi connectivity index (χ4n) is 3.77. The van der Waals surface area contributed by atoms with Crippen LogP contribution in [0.4, 0.5) is 4.39 Å². The van der Waals surface area contributed by atoms with E-state index in [9.17, 15) is 9.18 Å². The van der Waals surface area contributed by atoms with E-state index < -0.39 is 0 Å². The lowest BCUT2D eigenvalue weighted by molar-refractivity contribution is 0.0950. The van der Waals surface area contributed by atoms with Crippen LogP contribution in [0.15, 0.2) is 48.5 Å². The maximum atomic E-state index is 14.7. The molecule has 5 nitrogen and oxygen atoms in total. The van der Waals surface area contributed by atoms with Crippen molar-refractivity contribution >= 4 is 34.2 Å². The van der Waals surface area contributed by atoms with Crippen LogP contribution in [-0.4, -0.2) is 23.2 Å². The Labute approximate surface area is 182 Å². The van der Waals surface area contributed by atoms with Gasteiger partial charge in [0.15, 0.2) is 0 Å². The Morgan fingerprint density at radius 3 is 3.03 bits per heavy atom. The first-order valence-electron chi connectivity index (χ1n) is 10.0. The van der Waals surface area contributed by atoms with E-state index in [1.54, 1.807) is 48.8 Å². The van der Waals surface area contributed by atoms with Gasteiger partial charge in [0.1, 0.15) is 17.3 Å². The Balaban J connectivity index is 1.42. The van der Waals surface area contributed by atoms with Gasteiger partial charge in [-0.15, -0.1) is 11.3 Å². The molecule has 0 atom stereocenters. The average Bonchev–Trinajstić information content (AvgIpc) is 3.40. The number of fused-ring (bicyclic) bond motifs is 2. The van der Waals surface area contributed by atoms with Crippen LogP contribution in [-0.2, 0) is 13.0 Å². The van der Waals surface area contributed by atoms with Crippen molar-refractivity contribution in [2.24, 2.45) is 0 Å². The van der Waals surface area contributed by atoms with Crippen molar-refractivity contribution in [3.8, 4) is 16.3 Å². The van der Waals surface area contributed by atoms with Gasteiger partial charge in [-0.2, -0.15) is 5.10 Å². The maximum Gasteiger partial charge on any atom is 0.251 e. The highest BCUT2D eigenvalue weighted by Gasteiger charge is 2.17. The van der Waals surface area contributed by atoms with E-state index in [1.165, 1.54) is 16.5 Å². The number of ether oxygens (including phenoxy) is 1. The number of methoxy groups -OCH3 is 1. The molecule has 5 rings (SSSR count). The van der Waals surface area contributed by atoms with Crippen LogP contribution in [0.5, 0.6) is 5.75 Å². The number of allylic oxidation sites excluding steroid dienone is 1. The molecule has 0 spiro atoms. The zero-order chi connectivity index (χ0) is 21.4. The summed E-state index contributed by atoms with van der Waals surface area (Å²) in [5.41, 5.74) is 3.55. The number of hydrogen-bond acceptors (Lipinski definition) is 4. The first kappa shape index (κ1) is 19.5. The third-order valence-electron chi connectivity index (χ3n) is 5.41. The first-order chi connectivity index (χ1) is 15.1. The van der Waals surface area contributed by atoms with Gasteiger partial charge in [-0.25, -0.2) is 4.39 Å². The molecule has 0 bridgehead atoms. The molecule has 0 radical (unpaired) electrons. The summed E-state index contributed by atoms with van der Waals surface area (Å²) < 4.78 is 19.8. The topological polar surface area (TPSA) is 67.0 Å². The summed E-state index contributed by atoms with van der Waals surface area (Å²) >= 11 is 1.73. The highest BCUT2D eigenvalue weighted by Crippen LogP contribution is 2.37. The first-order valence-corrected chi connectivity index (χ1v) is 10.8. The average molecular weight is 434 g/mol. The number of carbonyl (C=O) groups excluding carboxylic acids is 1. The molecule has 31 heavy (non-hydrogen) atoms. The summed E-state index contributed by atoms with van der Waals surface area (Å²) in [6.45, 7) is 0.0755. The van der Waals surface area contributed by atoms with Gasteiger partial charge in [0.2, 0.25) is 0 Å². The number of thiophene rings is 1. The van der Waals surface area contributed by atoms with E-state index in [4.69, 9.17) is 4.74 Å². The standard InChI is InChI=1S/C24H20FN3O2S/c1-30-17-7-4-6-15(9-17)24(29)26-13-16-10-18-20(12-19(16)25)27-28-23(18)22-11-14-5-2-3-8-21(14)31-22/h2,4-7,9-12H,3,8,13H2,1H3,(H,26,29)(H,27,28). The third kappa shape index (κ3) is 3.72. The second-order valence-corrected chi connectivity index (χ2v) is 8.54. The number of benzene rings is 2. The van der Waals surface area contributed by atoms with Crippen molar-refractivity contribution in [3.63, 3.8) is 0 Å². The molecule has 7 heteroatoms. The number of carbonyl (C=O) groups is 1.